The third-order valence-electron chi connectivity index (χ3n) is 3.03. The number of hydrogen-bond donors (Lipinski definition) is 0. The second kappa shape index (κ2) is 4.68. The van der Waals surface area contributed by atoms with E-state index in [9.17, 15) is 0 Å². The number of oxazole rings is 1. The van der Waals surface area contributed by atoms with Crippen molar-refractivity contribution < 1.29 is 4.42 Å². The Labute approximate surface area is 111 Å². The van der Waals surface area contributed by atoms with Gasteiger partial charge in [-0.05, 0) is 26.0 Å². The number of aryl methyl sites for hydroxylation is 2. The summed E-state index contributed by atoms with van der Waals surface area (Å²) >= 11 is 0. The predicted octanol–water partition coefficient (Wildman–Crippen LogP) is 2.60. The minimum atomic E-state index is 0.576. The van der Waals surface area contributed by atoms with Crippen molar-refractivity contribution in [1.29, 1.82) is 0 Å². The van der Waals surface area contributed by atoms with E-state index < -0.39 is 0 Å². The van der Waals surface area contributed by atoms with Crippen molar-refractivity contribution in [2.75, 3.05) is 0 Å². The van der Waals surface area contributed by atoms with Crippen molar-refractivity contribution in [3.8, 4) is 11.4 Å². The van der Waals surface area contributed by atoms with Crippen LogP contribution in [-0.4, -0.2) is 19.5 Å². The first kappa shape index (κ1) is 11.6. The lowest BCUT2D eigenvalue weighted by Crippen LogP contribution is -2.01. The van der Waals surface area contributed by atoms with Crippen LogP contribution in [0.4, 0.5) is 0 Å². The Balaban J connectivity index is 1.93. The maximum Gasteiger partial charge on any atom is 0.214 e. The van der Waals surface area contributed by atoms with Crippen molar-refractivity contribution in [3.63, 3.8) is 0 Å². The lowest BCUT2D eigenvalue weighted by Gasteiger charge is -2.04. The fourth-order valence-corrected chi connectivity index (χ4v) is 1.95. The van der Waals surface area contributed by atoms with E-state index in [0.29, 0.717) is 12.4 Å². The second-order valence-corrected chi connectivity index (χ2v) is 4.36. The summed E-state index contributed by atoms with van der Waals surface area (Å²) < 4.78 is 7.62. The Kier molecular flexibility index (Phi) is 2.87. The highest BCUT2D eigenvalue weighted by molar-refractivity contribution is 5.54. The molecule has 0 aliphatic heterocycles. The number of nitrogens with zero attached hydrogens (tertiary/aromatic N) is 4. The van der Waals surface area contributed by atoms with Gasteiger partial charge < -0.3 is 8.98 Å². The number of imidazole rings is 1. The first-order chi connectivity index (χ1) is 9.24. The lowest BCUT2D eigenvalue weighted by atomic mass is 10.2. The minimum Gasteiger partial charge on any atom is -0.444 e. The summed E-state index contributed by atoms with van der Waals surface area (Å²) in [6, 6.07) is 3.87. The quantitative estimate of drug-likeness (QED) is 0.721. The molecule has 0 aromatic carbocycles. The molecule has 0 spiro atoms. The molecule has 5 nitrogen and oxygen atoms in total. The van der Waals surface area contributed by atoms with E-state index in [1.807, 2.05) is 36.7 Å². The molecule has 0 atom stereocenters. The van der Waals surface area contributed by atoms with Crippen LogP contribution < -0.4 is 0 Å². The zero-order valence-corrected chi connectivity index (χ0v) is 10.9. The van der Waals surface area contributed by atoms with Gasteiger partial charge in [0, 0.05) is 30.4 Å². The Morgan fingerprint density at radius 3 is 2.63 bits per heavy atom. The standard InChI is InChI=1S/C14H14N4O/c1-10-11(2)19-13(17-10)9-18-8-7-16-14(18)12-3-5-15-6-4-12/h3-8H,9H2,1-2H3. The maximum absolute atomic E-state index is 5.61. The Morgan fingerprint density at radius 1 is 1.16 bits per heavy atom. The summed E-state index contributed by atoms with van der Waals surface area (Å²) in [7, 11) is 0. The highest BCUT2D eigenvalue weighted by atomic mass is 16.4. The summed E-state index contributed by atoms with van der Waals surface area (Å²) in [4.78, 5) is 12.8. The lowest BCUT2D eigenvalue weighted by molar-refractivity contribution is 0.458. The van der Waals surface area contributed by atoms with Gasteiger partial charge in [0.2, 0.25) is 5.89 Å². The molecule has 96 valence electrons. The van der Waals surface area contributed by atoms with Gasteiger partial charge >= 0.3 is 0 Å². The summed E-state index contributed by atoms with van der Waals surface area (Å²) in [5.74, 6) is 2.44. The van der Waals surface area contributed by atoms with Gasteiger partial charge in [-0.3, -0.25) is 4.98 Å². The highest BCUT2D eigenvalue weighted by Gasteiger charge is 2.10. The zero-order chi connectivity index (χ0) is 13.2. The second-order valence-electron chi connectivity index (χ2n) is 4.36. The van der Waals surface area contributed by atoms with Crippen molar-refractivity contribution in [2.45, 2.75) is 20.4 Å². The smallest absolute Gasteiger partial charge is 0.214 e. The van der Waals surface area contributed by atoms with Crippen LogP contribution in [0, 0.1) is 13.8 Å². The van der Waals surface area contributed by atoms with Crippen LogP contribution >= 0.6 is 0 Å². The molecule has 0 bridgehead atoms. The Morgan fingerprint density at radius 2 is 1.95 bits per heavy atom. The van der Waals surface area contributed by atoms with Gasteiger partial charge in [0.05, 0.1) is 5.69 Å². The normalized spacial score (nSPS) is 10.8. The van der Waals surface area contributed by atoms with Crippen LogP contribution in [0.2, 0.25) is 0 Å². The van der Waals surface area contributed by atoms with Crippen LogP contribution in [0.1, 0.15) is 17.3 Å². The molecule has 19 heavy (non-hydrogen) atoms. The van der Waals surface area contributed by atoms with E-state index in [2.05, 4.69) is 15.0 Å². The largest absolute Gasteiger partial charge is 0.444 e. The molecule has 0 amide bonds. The van der Waals surface area contributed by atoms with Gasteiger partial charge in [0.15, 0.2) is 0 Å². The van der Waals surface area contributed by atoms with Crippen molar-refractivity contribution in [2.24, 2.45) is 0 Å². The first-order valence-electron chi connectivity index (χ1n) is 6.08. The summed E-state index contributed by atoms with van der Waals surface area (Å²) in [5, 5.41) is 0. The van der Waals surface area contributed by atoms with Gasteiger partial charge in [-0.15, -0.1) is 0 Å². The van der Waals surface area contributed by atoms with Gasteiger partial charge in [0.1, 0.15) is 18.1 Å². The van der Waals surface area contributed by atoms with Gasteiger partial charge in [-0.2, -0.15) is 0 Å². The van der Waals surface area contributed by atoms with Gasteiger partial charge in [-0.1, -0.05) is 0 Å². The molecule has 0 aliphatic rings. The average molecular weight is 254 g/mol. The Bertz CT molecular complexity index is 665. The number of aromatic nitrogens is 4. The van der Waals surface area contributed by atoms with Crippen LogP contribution in [0.25, 0.3) is 11.4 Å². The van der Waals surface area contributed by atoms with Crippen LogP contribution in [0.15, 0.2) is 41.3 Å². The van der Waals surface area contributed by atoms with E-state index >= 15 is 0 Å². The number of rotatable bonds is 3. The third-order valence-corrected chi connectivity index (χ3v) is 3.03. The highest BCUT2D eigenvalue weighted by Crippen LogP contribution is 2.18. The molecule has 5 heteroatoms. The zero-order valence-electron chi connectivity index (χ0n) is 10.9. The molecule has 0 N–H and O–H groups in total. The molecular formula is C14H14N4O. The van der Waals surface area contributed by atoms with Crippen LogP contribution in [-0.2, 0) is 6.54 Å². The molecule has 0 saturated heterocycles. The van der Waals surface area contributed by atoms with E-state index in [0.717, 1.165) is 22.8 Å². The summed E-state index contributed by atoms with van der Waals surface area (Å²) in [5.41, 5.74) is 1.96. The fourth-order valence-electron chi connectivity index (χ4n) is 1.95. The molecule has 0 radical (unpaired) electrons. The van der Waals surface area contributed by atoms with E-state index in [-0.39, 0.29) is 0 Å². The molecule has 3 aromatic heterocycles. The molecule has 0 aliphatic carbocycles. The van der Waals surface area contributed by atoms with E-state index in [1.54, 1.807) is 18.6 Å². The average Bonchev–Trinajstić information content (AvgIpc) is 2.99. The predicted molar refractivity (Wildman–Crippen MR) is 70.5 cm³/mol. The topological polar surface area (TPSA) is 56.7 Å². The van der Waals surface area contributed by atoms with Crippen LogP contribution in [0.5, 0.6) is 0 Å². The molecule has 0 saturated carbocycles. The molecule has 3 heterocycles. The minimum absolute atomic E-state index is 0.576. The van der Waals surface area contributed by atoms with Crippen molar-refractivity contribution in [1.82, 2.24) is 19.5 Å². The molecule has 0 unspecified atom stereocenters. The number of pyridine rings is 1. The van der Waals surface area contributed by atoms with Gasteiger partial charge in [-0.25, -0.2) is 9.97 Å². The van der Waals surface area contributed by atoms with Crippen LogP contribution in [0.3, 0.4) is 0 Å². The molecule has 3 rings (SSSR count). The van der Waals surface area contributed by atoms with E-state index in [1.165, 1.54) is 0 Å². The van der Waals surface area contributed by atoms with Crippen molar-refractivity contribution >= 4 is 0 Å². The molecule has 0 fully saturated rings. The first-order valence-corrected chi connectivity index (χ1v) is 6.08. The van der Waals surface area contributed by atoms with Crippen molar-refractivity contribution in [3.05, 3.63) is 54.3 Å². The Hall–Kier alpha value is -2.43. The van der Waals surface area contributed by atoms with E-state index in [4.69, 9.17) is 4.42 Å². The number of hydrogen-bond acceptors (Lipinski definition) is 4. The fraction of sp³-hybridized carbons (Fsp3) is 0.214. The monoisotopic (exact) mass is 254 g/mol. The third kappa shape index (κ3) is 2.27. The summed E-state index contributed by atoms with van der Waals surface area (Å²) in [6.45, 7) is 4.44. The molecule has 3 aromatic rings. The molecular weight excluding hydrogens is 240 g/mol. The summed E-state index contributed by atoms with van der Waals surface area (Å²) in [6.07, 6.45) is 7.21. The van der Waals surface area contributed by atoms with Gasteiger partial charge in [0.25, 0.3) is 0 Å². The maximum atomic E-state index is 5.61. The SMILES string of the molecule is Cc1nc(Cn2ccnc2-c2ccncc2)oc1C.